The molecule has 0 radical (unpaired) electrons. The predicted molar refractivity (Wildman–Crippen MR) is 90.2 cm³/mol. The molecule has 1 saturated carbocycles. The summed E-state index contributed by atoms with van der Waals surface area (Å²) < 4.78 is 0. The minimum absolute atomic E-state index is 0.0221. The van der Waals surface area contributed by atoms with Gasteiger partial charge in [-0.25, -0.2) is 0 Å². The van der Waals surface area contributed by atoms with Gasteiger partial charge in [-0.05, 0) is 44.5 Å². The second kappa shape index (κ2) is 6.32. The maximum absolute atomic E-state index is 12.5. The van der Waals surface area contributed by atoms with Gasteiger partial charge in [-0.3, -0.25) is 9.59 Å². The average Bonchev–Trinajstić information content (AvgIpc) is 3.32. The predicted octanol–water partition coefficient (Wildman–Crippen LogP) is 1.65. The quantitative estimate of drug-likeness (QED) is 0.923. The molecule has 1 aliphatic carbocycles. The molecule has 0 spiro atoms. The fourth-order valence-corrected chi connectivity index (χ4v) is 3.13. The molecule has 1 aliphatic heterocycles. The van der Waals surface area contributed by atoms with Crippen molar-refractivity contribution < 1.29 is 9.59 Å². The summed E-state index contributed by atoms with van der Waals surface area (Å²) >= 11 is 0. The van der Waals surface area contributed by atoms with E-state index in [1.54, 1.807) is 0 Å². The monoisotopic (exact) mass is 315 g/mol. The number of carbonyl (C=O) groups is 2. The summed E-state index contributed by atoms with van der Waals surface area (Å²) in [6.45, 7) is 7.41. The van der Waals surface area contributed by atoms with Crippen molar-refractivity contribution in [2.45, 2.75) is 20.3 Å². The summed E-state index contributed by atoms with van der Waals surface area (Å²) in [5.74, 6) is -0.156. The fourth-order valence-electron chi connectivity index (χ4n) is 3.13. The Morgan fingerprint density at radius 1 is 1.09 bits per heavy atom. The molecule has 5 heteroatoms. The Labute approximate surface area is 137 Å². The van der Waals surface area contributed by atoms with Crippen molar-refractivity contribution in [3.63, 3.8) is 0 Å². The second-order valence-corrected chi connectivity index (χ2v) is 6.81. The van der Waals surface area contributed by atoms with E-state index >= 15 is 0 Å². The van der Waals surface area contributed by atoms with Crippen LogP contribution >= 0.6 is 0 Å². The number of piperazine rings is 1. The second-order valence-electron chi connectivity index (χ2n) is 6.81. The molecule has 1 aromatic rings. The van der Waals surface area contributed by atoms with E-state index in [0.717, 1.165) is 43.0 Å². The zero-order chi connectivity index (χ0) is 16.6. The maximum Gasteiger partial charge on any atom is 0.228 e. The molecule has 2 fully saturated rings. The first kappa shape index (κ1) is 16.0. The number of amides is 2. The van der Waals surface area contributed by atoms with E-state index in [1.165, 1.54) is 0 Å². The van der Waals surface area contributed by atoms with Crippen molar-refractivity contribution >= 4 is 17.5 Å². The SMILES string of the molecule is Cc1cccc(NC(=O)C2CC2C(=O)N2CCN(C)CC2)c1C. The summed E-state index contributed by atoms with van der Waals surface area (Å²) in [6.07, 6.45) is 0.682. The molecule has 5 nitrogen and oxygen atoms in total. The van der Waals surface area contributed by atoms with Gasteiger partial charge in [0.2, 0.25) is 11.8 Å². The van der Waals surface area contributed by atoms with Crippen LogP contribution in [-0.4, -0.2) is 54.8 Å². The average molecular weight is 315 g/mol. The van der Waals surface area contributed by atoms with Crippen molar-refractivity contribution in [2.75, 3.05) is 38.5 Å². The van der Waals surface area contributed by atoms with Crippen LogP contribution in [0.1, 0.15) is 17.5 Å². The van der Waals surface area contributed by atoms with Gasteiger partial charge in [0.05, 0.1) is 11.8 Å². The van der Waals surface area contributed by atoms with Crippen LogP contribution < -0.4 is 5.32 Å². The third-order valence-corrected chi connectivity index (χ3v) is 5.12. The van der Waals surface area contributed by atoms with Gasteiger partial charge in [0.1, 0.15) is 0 Å². The Morgan fingerprint density at radius 2 is 1.78 bits per heavy atom. The van der Waals surface area contributed by atoms with E-state index in [4.69, 9.17) is 0 Å². The van der Waals surface area contributed by atoms with E-state index in [-0.39, 0.29) is 23.7 Å². The molecule has 0 bridgehead atoms. The normalized spacial score (nSPS) is 24.4. The third kappa shape index (κ3) is 3.39. The van der Waals surface area contributed by atoms with E-state index in [0.29, 0.717) is 6.42 Å². The Hall–Kier alpha value is -1.88. The maximum atomic E-state index is 12.5. The van der Waals surface area contributed by atoms with Crippen LogP contribution in [0.5, 0.6) is 0 Å². The molecule has 2 atom stereocenters. The smallest absolute Gasteiger partial charge is 0.228 e. The lowest BCUT2D eigenvalue weighted by Gasteiger charge is -2.32. The van der Waals surface area contributed by atoms with E-state index < -0.39 is 0 Å². The Bertz CT molecular complexity index is 621. The van der Waals surface area contributed by atoms with Gasteiger partial charge in [0.25, 0.3) is 0 Å². The van der Waals surface area contributed by atoms with Crippen molar-refractivity contribution in [3.05, 3.63) is 29.3 Å². The first-order chi connectivity index (χ1) is 11.0. The summed E-state index contributed by atoms with van der Waals surface area (Å²) in [4.78, 5) is 29.0. The van der Waals surface area contributed by atoms with Crippen LogP contribution in [0.25, 0.3) is 0 Å². The zero-order valence-electron chi connectivity index (χ0n) is 14.1. The first-order valence-corrected chi connectivity index (χ1v) is 8.32. The van der Waals surface area contributed by atoms with E-state index in [9.17, 15) is 9.59 Å². The molecule has 1 aromatic carbocycles. The molecule has 1 heterocycles. The minimum Gasteiger partial charge on any atom is -0.340 e. The molecule has 0 aromatic heterocycles. The summed E-state index contributed by atoms with van der Waals surface area (Å²) in [5.41, 5.74) is 3.10. The van der Waals surface area contributed by atoms with Crippen LogP contribution in [0.15, 0.2) is 18.2 Å². The Kier molecular flexibility index (Phi) is 4.39. The minimum atomic E-state index is -0.165. The van der Waals surface area contributed by atoms with Gasteiger partial charge in [-0.1, -0.05) is 12.1 Å². The van der Waals surface area contributed by atoms with Gasteiger partial charge in [-0.2, -0.15) is 0 Å². The van der Waals surface area contributed by atoms with Crippen LogP contribution in [0, 0.1) is 25.7 Å². The Morgan fingerprint density at radius 3 is 2.48 bits per heavy atom. The number of nitrogens with one attached hydrogen (secondary N) is 1. The van der Waals surface area contributed by atoms with Crippen molar-refractivity contribution in [2.24, 2.45) is 11.8 Å². The molecular formula is C18H25N3O2. The summed E-state index contributed by atoms with van der Waals surface area (Å²) in [7, 11) is 2.07. The van der Waals surface area contributed by atoms with Crippen LogP contribution in [0.4, 0.5) is 5.69 Å². The number of rotatable bonds is 3. The third-order valence-electron chi connectivity index (χ3n) is 5.12. The van der Waals surface area contributed by atoms with Gasteiger partial charge < -0.3 is 15.1 Å². The Balaban J connectivity index is 1.56. The number of likely N-dealkylation sites (N-methyl/N-ethyl adjacent to an activating group) is 1. The number of benzene rings is 1. The largest absolute Gasteiger partial charge is 0.340 e. The molecular weight excluding hydrogens is 290 g/mol. The van der Waals surface area contributed by atoms with Crippen LogP contribution in [0.3, 0.4) is 0 Å². The lowest BCUT2D eigenvalue weighted by molar-refractivity contribution is -0.135. The van der Waals surface area contributed by atoms with E-state index in [1.807, 2.05) is 36.9 Å². The van der Waals surface area contributed by atoms with Crippen molar-refractivity contribution in [3.8, 4) is 0 Å². The summed E-state index contributed by atoms with van der Waals surface area (Å²) in [6, 6.07) is 5.89. The number of hydrogen-bond donors (Lipinski definition) is 1. The lowest BCUT2D eigenvalue weighted by Crippen LogP contribution is -2.48. The molecule has 2 unspecified atom stereocenters. The highest BCUT2D eigenvalue weighted by Crippen LogP contribution is 2.41. The van der Waals surface area contributed by atoms with Crippen molar-refractivity contribution in [1.29, 1.82) is 0 Å². The molecule has 23 heavy (non-hydrogen) atoms. The number of carbonyl (C=O) groups excluding carboxylic acids is 2. The summed E-state index contributed by atoms with van der Waals surface area (Å²) in [5, 5.41) is 2.99. The number of hydrogen-bond acceptors (Lipinski definition) is 3. The highest BCUT2D eigenvalue weighted by atomic mass is 16.2. The topological polar surface area (TPSA) is 52.7 Å². The van der Waals surface area contributed by atoms with Gasteiger partial charge in [-0.15, -0.1) is 0 Å². The van der Waals surface area contributed by atoms with Gasteiger partial charge >= 0.3 is 0 Å². The number of anilines is 1. The first-order valence-electron chi connectivity index (χ1n) is 8.32. The fraction of sp³-hybridized carbons (Fsp3) is 0.556. The van der Waals surface area contributed by atoms with Crippen LogP contribution in [0.2, 0.25) is 0 Å². The van der Waals surface area contributed by atoms with Gasteiger partial charge in [0, 0.05) is 31.9 Å². The lowest BCUT2D eigenvalue weighted by atomic mass is 10.1. The standard InChI is InChI=1S/C18H25N3O2/c1-12-5-4-6-16(13(12)2)19-17(22)14-11-15(14)18(23)21-9-7-20(3)8-10-21/h4-6,14-15H,7-11H2,1-3H3,(H,19,22). The molecule has 2 aliphatic rings. The molecule has 1 saturated heterocycles. The molecule has 2 amide bonds. The van der Waals surface area contributed by atoms with Crippen LogP contribution in [-0.2, 0) is 9.59 Å². The highest BCUT2D eigenvalue weighted by molar-refractivity contribution is 6.00. The zero-order valence-corrected chi connectivity index (χ0v) is 14.1. The molecule has 124 valence electrons. The van der Waals surface area contributed by atoms with Crippen molar-refractivity contribution in [1.82, 2.24) is 9.80 Å². The molecule has 1 N–H and O–H groups in total. The van der Waals surface area contributed by atoms with Gasteiger partial charge in [0.15, 0.2) is 0 Å². The van der Waals surface area contributed by atoms with E-state index in [2.05, 4.69) is 17.3 Å². The number of aryl methyl sites for hydroxylation is 1. The number of nitrogens with zero attached hydrogens (tertiary/aromatic N) is 2. The molecule has 3 rings (SSSR count). The highest BCUT2D eigenvalue weighted by Gasteiger charge is 2.49.